The molecule has 27 heavy (non-hydrogen) atoms. The van der Waals surface area contributed by atoms with Crippen LogP contribution in [0.15, 0.2) is 11.1 Å². The third-order valence-corrected chi connectivity index (χ3v) is 8.50. The summed E-state index contributed by atoms with van der Waals surface area (Å²) in [4.78, 5) is 2.65. The van der Waals surface area contributed by atoms with Gasteiger partial charge in [-0.3, -0.25) is 9.58 Å². The lowest BCUT2D eigenvalue weighted by Gasteiger charge is -2.57. The van der Waals surface area contributed by atoms with E-state index in [2.05, 4.69) is 27.0 Å². The molecule has 0 amide bonds. The van der Waals surface area contributed by atoms with Crippen molar-refractivity contribution in [2.24, 2.45) is 12.5 Å². The van der Waals surface area contributed by atoms with Crippen molar-refractivity contribution < 1.29 is 9.47 Å². The van der Waals surface area contributed by atoms with E-state index in [1.54, 1.807) is 0 Å². The lowest BCUT2D eigenvalue weighted by molar-refractivity contribution is -0.197. The molecule has 148 valence electrons. The fourth-order valence-electron chi connectivity index (χ4n) is 5.30. The highest BCUT2D eigenvalue weighted by Crippen LogP contribution is 2.45. The molecule has 0 aromatic carbocycles. The quantitative estimate of drug-likeness (QED) is 0.735. The highest BCUT2D eigenvalue weighted by molar-refractivity contribution is 7.97. The van der Waals surface area contributed by atoms with E-state index in [0.29, 0.717) is 11.5 Å². The summed E-state index contributed by atoms with van der Waals surface area (Å²) < 4.78 is 16.4. The summed E-state index contributed by atoms with van der Waals surface area (Å²) >= 11 is 1.89. The molecule has 4 saturated heterocycles. The summed E-state index contributed by atoms with van der Waals surface area (Å²) in [6.07, 6.45) is 6.17. The van der Waals surface area contributed by atoms with E-state index in [9.17, 15) is 0 Å². The molecule has 1 aromatic rings. The topological polar surface area (TPSA) is 42.8 Å². The normalized spacial score (nSPS) is 32.7. The highest BCUT2D eigenvalue weighted by atomic mass is 32.2. The average Bonchev–Trinajstić information content (AvgIpc) is 3.27. The van der Waals surface area contributed by atoms with Crippen LogP contribution in [0.25, 0.3) is 0 Å². The number of hydrogen-bond donors (Lipinski definition) is 0. The minimum Gasteiger partial charge on any atom is -0.380 e. The highest BCUT2D eigenvalue weighted by Gasteiger charge is 2.54. The Morgan fingerprint density at radius 3 is 2.63 bits per heavy atom. The molecule has 6 nitrogen and oxygen atoms in total. The Kier molecular flexibility index (Phi) is 3.96. The molecular weight excluding hydrogens is 360 g/mol. The van der Waals surface area contributed by atoms with Crippen LogP contribution in [0.5, 0.6) is 0 Å². The van der Waals surface area contributed by atoms with Gasteiger partial charge in [-0.2, -0.15) is 5.10 Å². The first kappa shape index (κ1) is 17.3. The molecule has 2 spiro atoms. The van der Waals surface area contributed by atoms with Gasteiger partial charge in [0.15, 0.2) is 0 Å². The van der Waals surface area contributed by atoms with Crippen molar-refractivity contribution in [1.82, 2.24) is 19.0 Å². The smallest absolute Gasteiger partial charge is 0.109 e. The van der Waals surface area contributed by atoms with Gasteiger partial charge >= 0.3 is 0 Å². The van der Waals surface area contributed by atoms with Crippen LogP contribution in [0.1, 0.15) is 43.7 Å². The molecule has 5 aliphatic rings. The molecule has 1 atom stereocenters. The number of piperidine rings is 1. The molecule has 5 fully saturated rings. The first-order chi connectivity index (χ1) is 13.1. The molecule has 1 unspecified atom stereocenters. The van der Waals surface area contributed by atoms with E-state index < -0.39 is 0 Å². The van der Waals surface area contributed by atoms with E-state index in [-0.39, 0.29) is 5.60 Å². The van der Waals surface area contributed by atoms with Crippen LogP contribution in [0.2, 0.25) is 0 Å². The summed E-state index contributed by atoms with van der Waals surface area (Å²) in [7, 11) is 2.08. The molecule has 1 aliphatic carbocycles. The molecular formula is C20H30N4O2S. The third-order valence-electron chi connectivity index (χ3n) is 7.31. The molecule has 7 heteroatoms. The van der Waals surface area contributed by atoms with E-state index in [1.165, 1.54) is 43.1 Å². The van der Waals surface area contributed by atoms with Gasteiger partial charge in [0.1, 0.15) is 5.03 Å². The maximum atomic E-state index is 6.41. The first-order valence-corrected chi connectivity index (χ1v) is 11.3. The van der Waals surface area contributed by atoms with E-state index in [0.717, 1.165) is 51.7 Å². The van der Waals surface area contributed by atoms with Crippen LogP contribution in [0.3, 0.4) is 0 Å². The molecule has 4 aliphatic heterocycles. The van der Waals surface area contributed by atoms with Gasteiger partial charge in [0, 0.05) is 50.6 Å². The zero-order chi connectivity index (χ0) is 18.1. The number of ether oxygens (including phenoxy) is 2. The lowest BCUT2D eigenvalue weighted by atomic mass is 9.76. The number of likely N-dealkylation sites (tertiary alicyclic amines) is 1. The summed E-state index contributed by atoms with van der Waals surface area (Å²) in [5.41, 5.74) is 1.93. The lowest BCUT2D eigenvalue weighted by Crippen LogP contribution is -2.68. The molecule has 5 heterocycles. The predicted octanol–water partition coefficient (Wildman–Crippen LogP) is 2.26. The SMILES string of the molecule is Cn1nc(C2CC2)cc1SN1CCC2(CC1)CC(N1CC3(COC3)C1)CO2. The van der Waals surface area contributed by atoms with Crippen molar-refractivity contribution in [1.29, 1.82) is 0 Å². The zero-order valence-electron chi connectivity index (χ0n) is 16.2. The van der Waals surface area contributed by atoms with Gasteiger partial charge < -0.3 is 9.47 Å². The Morgan fingerprint density at radius 1 is 1.19 bits per heavy atom. The van der Waals surface area contributed by atoms with Gasteiger partial charge in [-0.05, 0) is 50.1 Å². The van der Waals surface area contributed by atoms with Crippen LogP contribution < -0.4 is 0 Å². The monoisotopic (exact) mass is 390 g/mol. The average molecular weight is 391 g/mol. The van der Waals surface area contributed by atoms with Crippen LogP contribution >= 0.6 is 11.9 Å². The van der Waals surface area contributed by atoms with Crippen molar-refractivity contribution >= 4 is 11.9 Å². The fraction of sp³-hybridized carbons (Fsp3) is 0.850. The van der Waals surface area contributed by atoms with Crippen LogP contribution in [0.4, 0.5) is 0 Å². The summed E-state index contributed by atoms with van der Waals surface area (Å²) in [6, 6.07) is 2.94. The number of aryl methyl sites for hydroxylation is 1. The molecule has 0 bridgehead atoms. The zero-order valence-corrected chi connectivity index (χ0v) is 17.0. The Bertz CT molecular complexity index is 714. The molecule has 1 aromatic heterocycles. The fourth-order valence-corrected chi connectivity index (χ4v) is 6.26. The Labute approximate surface area is 165 Å². The number of hydrogen-bond acceptors (Lipinski definition) is 6. The van der Waals surface area contributed by atoms with Gasteiger partial charge in [-0.1, -0.05) is 0 Å². The third kappa shape index (κ3) is 3.06. The Morgan fingerprint density at radius 2 is 1.96 bits per heavy atom. The van der Waals surface area contributed by atoms with E-state index in [4.69, 9.17) is 14.6 Å². The Balaban J connectivity index is 1.02. The van der Waals surface area contributed by atoms with Crippen LogP contribution in [-0.4, -0.2) is 76.6 Å². The van der Waals surface area contributed by atoms with Gasteiger partial charge in [0.05, 0.1) is 31.1 Å². The summed E-state index contributed by atoms with van der Waals surface area (Å²) in [5.74, 6) is 0.728. The molecule has 6 rings (SSSR count). The van der Waals surface area contributed by atoms with Crippen LogP contribution in [-0.2, 0) is 16.5 Å². The van der Waals surface area contributed by atoms with Gasteiger partial charge in [-0.15, -0.1) is 0 Å². The summed E-state index contributed by atoms with van der Waals surface area (Å²) in [6.45, 7) is 7.55. The Hall–Kier alpha value is -0.600. The van der Waals surface area contributed by atoms with E-state index >= 15 is 0 Å². The van der Waals surface area contributed by atoms with E-state index in [1.807, 2.05) is 11.9 Å². The standard InChI is InChI=1S/C20H30N4O2S/c1-22-18(8-17(21-22)15-2-3-15)27-24-6-4-20(5-7-24)9-16(10-26-20)23-11-19(12-23)13-25-14-19/h8,15-16H,2-7,9-14H2,1H3. The van der Waals surface area contributed by atoms with Crippen molar-refractivity contribution in [3.05, 3.63) is 11.8 Å². The van der Waals surface area contributed by atoms with Crippen LogP contribution in [0, 0.1) is 5.41 Å². The van der Waals surface area contributed by atoms with Crippen molar-refractivity contribution in [2.45, 2.75) is 54.7 Å². The van der Waals surface area contributed by atoms with Gasteiger partial charge in [-0.25, -0.2) is 4.31 Å². The predicted molar refractivity (Wildman–Crippen MR) is 104 cm³/mol. The molecule has 0 radical (unpaired) electrons. The molecule has 0 N–H and O–H groups in total. The van der Waals surface area contributed by atoms with Gasteiger partial charge in [0.25, 0.3) is 0 Å². The second-order valence-corrected chi connectivity index (χ2v) is 10.7. The second kappa shape index (κ2) is 6.20. The van der Waals surface area contributed by atoms with Crippen molar-refractivity contribution in [3.8, 4) is 0 Å². The minimum atomic E-state index is 0.131. The number of aromatic nitrogens is 2. The maximum Gasteiger partial charge on any atom is 0.109 e. The largest absolute Gasteiger partial charge is 0.380 e. The minimum absolute atomic E-state index is 0.131. The van der Waals surface area contributed by atoms with Gasteiger partial charge in [0.2, 0.25) is 0 Å². The summed E-state index contributed by atoms with van der Waals surface area (Å²) in [5, 5.41) is 5.99. The number of rotatable bonds is 4. The van der Waals surface area contributed by atoms with Crippen molar-refractivity contribution in [2.75, 3.05) is 46.0 Å². The van der Waals surface area contributed by atoms with Crippen molar-refractivity contribution in [3.63, 3.8) is 0 Å². The molecule has 1 saturated carbocycles. The maximum absolute atomic E-state index is 6.41. The first-order valence-electron chi connectivity index (χ1n) is 10.5. The number of nitrogens with zero attached hydrogens (tertiary/aromatic N) is 4. The second-order valence-electron chi connectivity index (χ2n) is 9.58.